The summed E-state index contributed by atoms with van der Waals surface area (Å²) < 4.78 is 30.3. The highest BCUT2D eigenvalue weighted by atomic mass is 32.2. The van der Waals surface area contributed by atoms with Gasteiger partial charge in [0.05, 0.1) is 10.6 Å². The maximum atomic E-state index is 13.0. The first-order chi connectivity index (χ1) is 15.9. The van der Waals surface area contributed by atoms with Gasteiger partial charge in [0.25, 0.3) is 10.0 Å². The third-order valence-corrected chi connectivity index (χ3v) is 6.77. The van der Waals surface area contributed by atoms with Crippen LogP contribution >= 0.6 is 0 Å². The lowest BCUT2D eigenvalue weighted by molar-refractivity contribution is 0.600. The summed E-state index contributed by atoms with van der Waals surface area (Å²) in [6.45, 7) is 3.72. The molecule has 164 valence electrons. The minimum atomic E-state index is -3.73. The van der Waals surface area contributed by atoms with Crippen LogP contribution in [0.5, 0.6) is 0 Å². The first-order valence-electron chi connectivity index (χ1n) is 10.2. The van der Waals surface area contributed by atoms with Crippen molar-refractivity contribution < 1.29 is 8.42 Å². The third kappa shape index (κ3) is 4.06. The van der Waals surface area contributed by atoms with Gasteiger partial charge >= 0.3 is 0 Å². The van der Waals surface area contributed by atoms with Gasteiger partial charge in [-0.05, 0) is 61.9 Å². The molecule has 0 aliphatic carbocycles. The molecule has 0 saturated heterocycles. The molecule has 0 saturated carbocycles. The second-order valence-corrected chi connectivity index (χ2v) is 9.35. The fourth-order valence-corrected chi connectivity index (χ4v) is 4.95. The van der Waals surface area contributed by atoms with E-state index < -0.39 is 10.0 Å². The van der Waals surface area contributed by atoms with Crippen LogP contribution in [0.1, 0.15) is 11.1 Å². The number of hydrogen-bond acceptors (Lipinski definition) is 6. The Morgan fingerprint density at radius 2 is 1.67 bits per heavy atom. The van der Waals surface area contributed by atoms with E-state index >= 15 is 0 Å². The van der Waals surface area contributed by atoms with Gasteiger partial charge in [-0.1, -0.05) is 29.8 Å². The van der Waals surface area contributed by atoms with Crippen LogP contribution in [0.25, 0.3) is 28.3 Å². The predicted octanol–water partition coefficient (Wildman–Crippen LogP) is 4.27. The summed E-state index contributed by atoms with van der Waals surface area (Å²) in [6.07, 6.45) is 3.37. The van der Waals surface area contributed by atoms with Crippen LogP contribution in [0.3, 0.4) is 0 Å². The number of rotatable bonds is 5. The Labute approximate surface area is 191 Å². The lowest BCUT2D eigenvalue weighted by Crippen LogP contribution is -2.14. The van der Waals surface area contributed by atoms with Crippen molar-refractivity contribution in [3.05, 3.63) is 90.3 Å². The third-order valence-electron chi connectivity index (χ3n) is 5.23. The van der Waals surface area contributed by atoms with Gasteiger partial charge in [-0.25, -0.2) is 8.42 Å². The first-order valence-corrected chi connectivity index (χ1v) is 11.7. The molecular formula is C24H20N6O2S. The van der Waals surface area contributed by atoms with Gasteiger partial charge < -0.3 is 0 Å². The molecule has 3 heterocycles. The minimum absolute atomic E-state index is 0.254. The summed E-state index contributed by atoms with van der Waals surface area (Å²) in [5, 5.41) is 13.1. The van der Waals surface area contributed by atoms with Crippen LogP contribution in [0.15, 0.2) is 84.0 Å². The molecule has 2 aromatic carbocycles. The van der Waals surface area contributed by atoms with Gasteiger partial charge in [0.1, 0.15) is 0 Å². The van der Waals surface area contributed by atoms with E-state index in [1.54, 1.807) is 54.2 Å². The van der Waals surface area contributed by atoms with Crippen LogP contribution in [-0.4, -0.2) is 33.2 Å². The van der Waals surface area contributed by atoms with Crippen molar-refractivity contribution in [2.24, 2.45) is 0 Å². The number of pyridine rings is 1. The molecule has 0 amide bonds. The Morgan fingerprint density at radius 3 is 2.45 bits per heavy atom. The molecule has 9 heteroatoms. The summed E-state index contributed by atoms with van der Waals surface area (Å²) in [7, 11) is -3.73. The standard InChI is InChI=1S/C24H20N6O2S/c1-16-6-8-22(17(2)14-16)33(31,32)29-20-5-3-4-19(15-20)21-7-9-23-26-27-24(30(23)28-21)18-10-12-25-13-11-18/h3-15,29H,1-2H3. The van der Waals surface area contributed by atoms with Crippen LogP contribution in [0, 0.1) is 13.8 Å². The molecule has 0 fully saturated rings. The number of fused-ring (bicyclic) bond motifs is 1. The molecule has 0 spiro atoms. The van der Waals surface area contributed by atoms with E-state index in [0.29, 0.717) is 28.4 Å². The zero-order valence-corrected chi connectivity index (χ0v) is 18.8. The summed E-state index contributed by atoms with van der Waals surface area (Å²) in [5.74, 6) is 0.598. The van der Waals surface area contributed by atoms with Gasteiger partial charge in [0.15, 0.2) is 11.5 Å². The zero-order valence-electron chi connectivity index (χ0n) is 18.0. The average molecular weight is 457 g/mol. The molecule has 0 radical (unpaired) electrons. The number of benzene rings is 2. The number of aromatic nitrogens is 5. The molecule has 1 N–H and O–H groups in total. The van der Waals surface area contributed by atoms with Crippen molar-refractivity contribution in [2.45, 2.75) is 18.7 Å². The second-order valence-electron chi connectivity index (χ2n) is 7.70. The monoisotopic (exact) mass is 456 g/mol. The predicted molar refractivity (Wildman–Crippen MR) is 126 cm³/mol. The van der Waals surface area contributed by atoms with Crippen LogP contribution in [0.2, 0.25) is 0 Å². The SMILES string of the molecule is Cc1ccc(S(=O)(=O)Nc2cccc(-c3ccc4nnc(-c5ccncc5)n4n3)c2)c(C)c1. The average Bonchev–Trinajstić information content (AvgIpc) is 3.22. The van der Waals surface area contributed by atoms with E-state index in [4.69, 9.17) is 5.10 Å². The summed E-state index contributed by atoms with van der Waals surface area (Å²) in [6, 6.07) is 19.7. The van der Waals surface area contributed by atoms with Gasteiger partial charge in [-0.3, -0.25) is 9.71 Å². The Kier molecular flexibility index (Phi) is 5.10. The number of hydrogen-bond donors (Lipinski definition) is 1. The van der Waals surface area contributed by atoms with E-state index in [0.717, 1.165) is 16.7 Å². The smallest absolute Gasteiger partial charge is 0.262 e. The van der Waals surface area contributed by atoms with Crippen LogP contribution in [0.4, 0.5) is 5.69 Å². The molecule has 5 aromatic rings. The topological polar surface area (TPSA) is 102 Å². The highest BCUT2D eigenvalue weighted by molar-refractivity contribution is 7.92. The highest BCUT2D eigenvalue weighted by Crippen LogP contribution is 2.25. The molecule has 3 aromatic heterocycles. The Balaban J connectivity index is 1.50. The fraction of sp³-hybridized carbons (Fsp3) is 0.0833. The van der Waals surface area contributed by atoms with Gasteiger partial charge in [-0.15, -0.1) is 10.2 Å². The van der Waals surface area contributed by atoms with Crippen molar-refractivity contribution in [2.75, 3.05) is 4.72 Å². The van der Waals surface area contributed by atoms with E-state index in [9.17, 15) is 8.42 Å². The first kappa shape index (κ1) is 20.8. The van der Waals surface area contributed by atoms with Gasteiger partial charge in [0, 0.05) is 29.2 Å². The number of anilines is 1. The lowest BCUT2D eigenvalue weighted by atomic mass is 10.1. The van der Waals surface area contributed by atoms with E-state index in [1.807, 2.05) is 43.3 Å². The largest absolute Gasteiger partial charge is 0.280 e. The van der Waals surface area contributed by atoms with Crippen LogP contribution < -0.4 is 4.72 Å². The van der Waals surface area contributed by atoms with Crippen LogP contribution in [-0.2, 0) is 10.0 Å². The van der Waals surface area contributed by atoms with Gasteiger partial charge in [0.2, 0.25) is 0 Å². The van der Waals surface area contributed by atoms with E-state index in [-0.39, 0.29) is 4.90 Å². The number of nitrogens with one attached hydrogen (secondary N) is 1. The molecule has 5 rings (SSSR count). The summed E-state index contributed by atoms with van der Waals surface area (Å²) in [4.78, 5) is 4.29. The quantitative estimate of drug-likeness (QED) is 0.424. The lowest BCUT2D eigenvalue weighted by Gasteiger charge is -2.12. The Morgan fingerprint density at radius 1 is 0.848 bits per heavy atom. The van der Waals surface area contributed by atoms with Crippen molar-refractivity contribution in [3.63, 3.8) is 0 Å². The van der Waals surface area contributed by atoms with Gasteiger partial charge in [-0.2, -0.15) is 9.61 Å². The van der Waals surface area contributed by atoms with Crippen molar-refractivity contribution >= 4 is 21.4 Å². The second kappa shape index (κ2) is 8.10. The molecular weight excluding hydrogens is 436 g/mol. The van der Waals surface area contributed by atoms with Crippen molar-refractivity contribution in [1.29, 1.82) is 0 Å². The van der Waals surface area contributed by atoms with Crippen molar-refractivity contribution in [1.82, 2.24) is 24.8 Å². The zero-order chi connectivity index (χ0) is 23.0. The fourth-order valence-electron chi connectivity index (χ4n) is 3.68. The Hall–Kier alpha value is -4.11. The maximum absolute atomic E-state index is 13.0. The van der Waals surface area contributed by atoms with Crippen molar-refractivity contribution in [3.8, 4) is 22.6 Å². The summed E-state index contributed by atoms with van der Waals surface area (Å²) in [5.41, 5.74) is 5.02. The minimum Gasteiger partial charge on any atom is -0.280 e. The molecule has 8 nitrogen and oxygen atoms in total. The molecule has 0 unspecified atom stereocenters. The maximum Gasteiger partial charge on any atom is 0.262 e. The van der Waals surface area contributed by atoms with E-state index in [2.05, 4.69) is 19.9 Å². The number of sulfonamides is 1. The normalized spacial score (nSPS) is 11.6. The Bertz CT molecular complexity index is 1580. The molecule has 0 aliphatic heterocycles. The number of nitrogens with zero attached hydrogens (tertiary/aromatic N) is 5. The molecule has 33 heavy (non-hydrogen) atoms. The molecule has 0 atom stereocenters. The van der Waals surface area contributed by atoms with E-state index in [1.165, 1.54) is 0 Å². The number of aryl methyl sites for hydroxylation is 2. The highest BCUT2D eigenvalue weighted by Gasteiger charge is 2.17. The summed E-state index contributed by atoms with van der Waals surface area (Å²) >= 11 is 0. The molecule has 0 aliphatic rings. The molecule has 0 bridgehead atoms.